The maximum atomic E-state index is 12.4. The first-order chi connectivity index (χ1) is 8.48. The molecule has 0 aliphatic carbocycles. The van der Waals surface area contributed by atoms with Gasteiger partial charge in [0.1, 0.15) is 0 Å². The minimum absolute atomic E-state index is 0.0624. The highest BCUT2D eigenvalue weighted by Crippen LogP contribution is 2.29. The summed E-state index contributed by atoms with van der Waals surface area (Å²) in [6, 6.07) is 3.28. The molecular formula is C11H15F3N2O2S. The van der Waals surface area contributed by atoms with Gasteiger partial charge in [0.25, 0.3) is 0 Å². The number of halogens is 3. The van der Waals surface area contributed by atoms with Crippen molar-refractivity contribution in [3.8, 4) is 0 Å². The quantitative estimate of drug-likeness (QED) is 0.888. The molecule has 0 aromatic heterocycles. The van der Waals surface area contributed by atoms with E-state index in [0.29, 0.717) is 0 Å². The number of sulfonamides is 1. The van der Waals surface area contributed by atoms with Crippen molar-refractivity contribution in [2.45, 2.75) is 30.5 Å². The van der Waals surface area contributed by atoms with E-state index in [1.54, 1.807) is 13.8 Å². The number of nitrogens with one attached hydrogen (secondary N) is 1. The third-order valence-corrected chi connectivity index (χ3v) is 4.13. The first kappa shape index (κ1) is 15.9. The van der Waals surface area contributed by atoms with E-state index in [0.717, 1.165) is 24.3 Å². The predicted octanol–water partition coefficient (Wildman–Crippen LogP) is 1.72. The van der Waals surface area contributed by atoms with Gasteiger partial charge in [0, 0.05) is 12.1 Å². The molecule has 0 aliphatic rings. The van der Waals surface area contributed by atoms with Gasteiger partial charge in [0.15, 0.2) is 0 Å². The Morgan fingerprint density at radius 3 is 2.00 bits per heavy atom. The van der Waals surface area contributed by atoms with Gasteiger partial charge in [-0.1, -0.05) is 0 Å². The normalized spacial score (nSPS) is 13.6. The van der Waals surface area contributed by atoms with Gasteiger partial charge in [-0.15, -0.1) is 0 Å². The smallest absolute Gasteiger partial charge is 0.329 e. The Kier molecular flexibility index (Phi) is 4.28. The van der Waals surface area contributed by atoms with Crippen molar-refractivity contribution in [2.24, 2.45) is 5.73 Å². The first-order valence-corrected chi connectivity index (χ1v) is 6.87. The van der Waals surface area contributed by atoms with E-state index in [2.05, 4.69) is 4.72 Å². The number of hydrogen-bond donors (Lipinski definition) is 2. The molecule has 0 saturated heterocycles. The molecule has 0 bridgehead atoms. The van der Waals surface area contributed by atoms with Crippen LogP contribution >= 0.6 is 0 Å². The molecule has 1 aromatic carbocycles. The van der Waals surface area contributed by atoms with Gasteiger partial charge in [0.05, 0.1) is 10.5 Å². The zero-order valence-electron chi connectivity index (χ0n) is 10.5. The van der Waals surface area contributed by atoms with E-state index in [-0.39, 0.29) is 11.4 Å². The molecule has 4 nitrogen and oxygen atoms in total. The fourth-order valence-electron chi connectivity index (χ4n) is 1.29. The Balaban J connectivity index is 3.04. The van der Waals surface area contributed by atoms with Crippen molar-refractivity contribution in [1.29, 1.82) is 0 Å². The number of hydrogen-bond acceptors (Lipinski definition) is 3. The Morgan fingerprint density at radius 2 is 1.63 bits per heavy atom. The van der Waals surface area contributed by atoms with Gasteiger partial charge in [-0.25, -0.2) is 13.1 Å². The predicted molar refractivity (Wildman–Crippen MR) is 64.9 cm³/mol. The molecule has 8 heteroatoms. The van der Waals surface area contributed by atoms with E-state index < -0.39 is 27.3 Å². The summed E-state index contributed by atoms with van der Waals surface area (Å²) in [7, 11) is -3.89. The standard InChI is InChI=1S/C11H15F3N2O2S/c1-10(2,7-15)16-19(17,18)9-5-3-8(4-6-9)11(12,13)14/h3-6,16H,7,15H2,1-2H3. The number of alkyl halides is 3. The van der Waals surface area contributed by atoms with Crippen molar-refractivity contribution in [1.82, 2.24) is 4.72 Å². The van der Waals surface area contributed by atoms with Crippen LogP contribution in [0.5, 0.6) is 0 Å². The van der Waals surface area contributed by atoms with E-state index in [1.165, 1.54) is 0 Å². The summed E-state index contributed by atoms with van der Waals surface area (Å²) in [6.07, 6.45) is -4.49. The fraction of sp³-hybridized carbons (Fsp3) is 0.455. The van der Waals surface area contributed by atoms with Crippen LogP contribution in [-0.2, 0) is 16.2 Å². The molecule has 0 spiro atoms. The highest BCUT2D eigenvalue weighted by Gasteiger charge is 2.31. The Labute approximate surface area is 109 Å². The third kappa shape index (κ3) is 4.19. The molecule has 0 saturated carbocycles. The lowest BCUT2D eigenvalue weighted by atomic mass is 10.1. The lowest BCUT2D eigenvalue weighted by molar-refractivity contribution is -0.137. The Hall–Kier alpha value is -1.12. The topological polar surface area (TPSA) is 72.2 Å². The molecule has 1 aromatic rings. The molecule has 1 rings (SSSR count). The van der Waals surface area contributed by atoms with Crippen LogP contribution in [0.3, 0.4) is 0 Å². The summed E-state index contributed by atoms with van der Waals surface area (Å²) >= 11 is 0. The zero-order valence-corrected chi connectivity index (χ0v) is 11.3. The molecule has 108 valence electrons. The van der Waals surface area contributed by atoms with Crippen LogP contribution < -0.4 is 10.5 Å². The minimum Gasteiger partial charge on any atom is -0.329 e. The lowest BCUT2D eigenvalue weighted by Crippen LogP contribution is -2.48. The average Bonchev–Trinajstić information content (AvgIpc) is 2.27. The summed E-state index contributed by atoms with van der Waals surface area (Å²) in [4.78, 5) is -0.234. The molecule has 19 heavy (non-hydrogen) atoms. The van der Waals surface area contributed by atoms with Gasteiger partial charge >= 0.3 is 6.18 Å². The third-order valence-electron chi connectivity index (χ3n) is 2.41. The van der Waals surface area contributed by atoms with Crippen molar-refractivity contribution in [3.05, 3.63) is 29.8 Å². The van der Waals surface area contributed by atoms with Crippen LogP contribution in [0.25, 0.3) is 0 Å². The molecule has 0 amide bonds. The van der Waals surface area contributed by atoms with Gasteiger partial charge < -0.3 is 5.73 Å². The second kappa shape index (κ2) is 5.10. The monoisotopic (exact) mass is 296 g/mol. The van der Waals surface area contributed by atoms with E-state index in [4.69, 9.17) is 5.73 Å². The van der Waals surface area contributed by atoms with E-state index in [1.807, 2.05) is 0 Å². The van der Waals surface area contributed by atoms with Crippen molar-refractivity contribution in [2.75, 3.05) is 6.54 Å². The van der Waals surface area contributed by atoms with Crippen LogP contribution in [0.1, 0.15) is 19.4 Å². The summed E-state index contributed by atoms with van der Waals surface area (Å²) in [5.41, 5.74) is 3.62. The minimum atomic E-state index is -4.49. The summed E-state index contributed by atoms with van der Waals surface area (Å²) in [6.45, 7) is 3.22. The first-order valence-electron chi connectivity index (χ1n) is 5.39. The highest BCUT2D eigenvalue weighted by molar-refractivity contribution is 7.89. The largest absolute Gasteiger partial charge is 0.416 e. The second-order valence-corrected chi connectivity index (χ2v) is 6.40. The van der Waals surface area contributed by atoms with Gasteiger partial charge in [0.2, 0.25) is 10.0 Å². The van der Waals surface area contributed by atoms with Crippen LogP contribution in [0, 0.1) is 0 Å². The summed E-state index contributed by atoms with van der Waals surface area (Å²) in [5.74, 6) is 0. The maximum absolute atomic E-state index is 12.4. The van der Waals surface area contributed by atoms with Crippen LogP contribution in [0.4, 0.5) is 13.2 Å². The van der Waals surface area contributed by atoms with E-state index in [9.17, 15) is 21.6 Å². The van der Waals surface area contributed by atoms with Gasteiger partial charge in [-0.3, -0.25) is 0 Å². The molecule has 0 atom stereocenters. The molecule has 0 radical (unpaired) electrons. The van der Waals surface area contributed by atoms with Crippen molar-refractivity contribution < 1.29 is 21.6 Å². The number of rotatable bonds is 4. The van der Waals surface area contributed by atoms with Crippen LogP contribution in [0.2, 0.25) is 0 Å². The summed E-state index contributed by atoms with van der Waals surface area (Å²) < 4.78 is 63.2. The van der Waals surface area contributed by atoms with Gasteiger partial charge in [-0.05, 0) is 38.1 Å². The lowest BCUT2D eigenvalue weighted by Gasteiger charge is -2.23. The zero-order chi connectivity index (χ0) is 14.9. The average molecular weight is 296 g/mol. The molecule has 0 unspecified atom stereocenters. The van der Waals surface area contributed by atoms with Crippen molar-refractivity contribution >= 4 is 10.0 Å². The second-order valence-electron chi connectivity index (χ2n) is 4.72. The van der Waals surface area contributed by atoms with E-state index >= 15 is 0 Å². The Morgan fingerprint density at radius 1 is 1.16 bits per heavy atom. The van der Waals surface area contributed by atoms with Crippen LogP contribution in [-0.4, -0.2) is 20.5 Å². The highest BCUT2D eigenvalue weighted by atomic mass is 32.2. The number of nitrogens with two attached hydrogens (primary N) is 1. The summed E-state index contributed by atoms with van der Waals surface area (Å²) in [5, 5.41) is 0. The van der Waals surface area contributed by atoms with Crippen LogP contribution in [0.15, 0.2) is 29.2 Å². The fourth-order valence-corrected chi connectivity index (χ4v) is 2.71. The molecule has 0 fully saturated rings. The Bertz CT molecular complexity index is 536. The van der Waals surface area contributed by atoms with Gasteiger partial charge in [-0.2, -0.15) is 13.2 Å². The maximum Gasteiger partial charge on any atom is 0.416 e. The molecule has 0 aliphatic heterocycles. The molecular weight excluding hydrogens is 281 g/mol. The van der Waals surface area contributed by atoms with Crippen molar-refractivity contribution in [3.63, 3.8) is 0 Å². The molecule has 3 N–H and O–H groups in total. The molecule has 0 heterocycles. The SMILES string of the molecule is CC(C)(CN)NS(=O)(=O)c1ccc(C(F)(F)F)cc1. The number of benzene rings is 1.